The molecule has 0 saturated heterocycles. The van der Waals surface area contributed by atoms with Crippen molar-refractivity contribution in [1.82, 2.24) is 5.32 Å². The van der Waals surface area contributed by atoms with Crippen molar-refractivity contribution in [1.29, 1.82) is 0 Å². The number of carbonyl (C=O) groups is 2. The summed E-state index contributed by atoms with van der Waals surface area (Å²) in [4.78, 5) is 32.3. The largest absolute Gasteiger partial charge is 0.507 e. The quantitative estimate of drug-likeness (QED) is 0.540. The Balaban J connectivity index is 2.07. The van der Waals surface area contributed by atoms with Gasteiger partial charge < -0.3 is 10.4 Å². The van der Waals surface area contributed by atoms with E-state index >= 15 is 0 Å². The van der Waals surface area contributed by atoms with Crippen LogP contribution in [0.1, 0.15) is 48.9 Å². The van der Waals surface area contributed by atoms with Crippen LogP contribution in [0.3, 0.4) is 0 Å². The lowest BCUT2D eigenvalue weighted by atomic mass is 10.1. The summed E-state index contributed by atoms with van der Waals surface area (Å²) in [6, 6.07) is 6.41. The number of nitrogens with one attached hydrogen (secondary N) is 1. The number of benzene rings is 1. The third-order valence-electron chi connectivity index (χ3n) is 3.10. The van der Waals surface area contributed by atoms with Gasteiger partial charge in [-0.15, -0.1) is 4.91 Å². The van der Waals surface area contributed by atoms with Crippen molar-refractivity contribution in [2.75, 3.05) is 6.54 Å². The van der Waals surface area contributed by atoms with Gasteiger partial charge in [-0.3, -0.25) is 9.59 Å². The van der Waals surface area contributed by atoms with Crippen LogP contribution in [0.4, 0.5) is 0 Å². The van der Waals surface area contributed by atoms with Crippen molar-refractivity contribution < 1.29 is 14.7 Å². The number of para-hydroxylation sites is 1. The number of hydrogen-bond acceptors (Lipinski definition) is 4. The molecule has 1 aromatic carbocycles. The number of unbranched alkanes of at least 4 members (excludes halogenated alkanes) is 4. The molecule has 0 saturated carbocycles. The van der Waals surface area contributed by atoms with Gasteiger partial charge >= 0.3 is 0 Å². The van der Waals surface area contributed by atoms with E-state index in [1.54, 1.807) is 18.2 Å². The van der Waals surface area contributed by atoms with Crippen LogP contribution in [-0.2, 0) is 4.79 Å². The van der Waals surface area contributed by atoms with Crippen molar-refractivity contribution in [3.8, 4) is 5.75 Å². The van der Waals surface area contributed by atoms with Crippen molar-refractivity contribution in [3.05, 3.63) is 34.7 Å². The highest BCUT2D eigenvalue weighted by molar-refractivity contribution is 5.96. The first-order chi connectivity index (χ1) is 10.1. The molecule has 0 aliphatic heterocycles. The molecule has 2 amide bonds. The topological polar surface area (TPSA) is 95.8 Å². The monoisotopic (exact) mass is 292 g/mol. The molecule has 0 aromatic heterocycles. The van der Waals surface area contributed by atoms with Crippen LogP contribution >= 0.6 is 0 Å². The molecule has 0 aliphatic carbocycles. The third-order valence-corrected chi connectivity index (χ3v) is 3.10. The minimum absolute atomic E-state index is 0.0246. The SMILES string of the molecule is O=NC(=O)CCCCCCCNC(=O)c1ccccc1O. The molecule has 0 fully saturated rings. The lowest BCUT2D eigenvalue weighted by molar-refractivity contribution is -0.118. The van der Waals surface area contributed by atoms with Gasteiger partial charge in [0.15, 0.2) is 0 Å². The van der Waals surface area contributed by atoms with Crippen LogP contribution in [0.2, 0.25) is 0 Å². The summed E-state index contributed by atoms with van der Waals surface area (Å²) in [5.74, 6) is -0.899. The van der Waals surface area contributed by atoms with Gasteiger partial charge in [-0.1, -0.05) is 31.4 Å². The molecule has 0 atom stereocenters. The second kappa shape index (κ2) is 9.63. The maximum Gasteiger partial charge on any atom is 0.286 e. The summed E-state index contributed by atoms with van der Waals surface area (Å²) in [5, 5.41) is 14.6. The number of nitrogens with zero attached hydrogens (tertiary/aromatic N) is 1. The Morgan fingerprint density at radius 2 is 1.71 bits per heavy atom. The van der Waals surface area contributed by atoms with Crippen molar-refractivity contribution >= 4 is 11.8 Å². The Bertz CT molecular complexity index is 488. The standard InChI is InChI=1S/C15H20N2O4/c18-13-9-6-5-8-12(13)15(20)16-11-7-3-1-2-4-10-14(19)17-21/h5-6,8-9,18H,1-4,7,10-11H2,(H,16,20). The second-order valence-electron chi connectivity index (χ2n) is 4.78. The smallest absolute Gasteiger partial charge is 0.286 e. The number of nitroso groups, excluding NO2 is 1. The minimum atomic E-state index is -0.593. The molecule has 0 radical (unpaired) electrons. The minimum Gasteiger partial charge on any atom is -0.507 e. The summed E-state index contributed by atoms with van der Waals surface area (Å²) in [5.41, 5.74) is 0.275. The average Bonchev–Trinajstić information content (AvgIpc) is 2.49. The number of hydrogen-bond donors (Lipinski definition) is 2. The molecular weight excluding hydrogens is 272 g/mol. The van der Waals surface area contributed by atoms with E-state index in [2.05, 4.69) is 10.5 Å². The lowest BCUT2D eigenvalue weighted by Crippen LogP contribution is -2.24. The third kappa shape index (κ3) is 6.65. The number of rotatable bonds is 9. The Labute approximate surface area is 123 Å². The van der Waals surface area contributed by atoms with Gasteiger partial charge in [-0.2, -0.15) is 0 Å². The molecule has 6 nitrogen and oxygen atoms in total. The molecule has 0 spiro atoms. The first-order valence-corrected chi connectivity index (χ1v) is 7.07. The number of phenols is 1. The average molecular weight is 292 g/mol. The predicted molar refractivity (Wildman–Crippen MR) is 78.9 cm³/mol. The summed E-state index contributed by atoms with van der Waals surface area (Å²) in [6.45, 7) is 0.544. The van der Waals surface area contributed by atoms with Crippen LogP contribution in [0.15, 0.2) is 29.4 Å². The normalized spacial score (nSPS) is 10.1. The molecule has 0 bridgehead atoms. The highest BCUT2D eigenvalue weighted by Crippen LogP contribution is 2.15. The molecule has 0 aliphatic rings. The molecular formula is C15H20N2O4. The van der Waals surface area contributed by atoms with Gasteiger partial charge in [0.05, 0.1) is 5.56 Å². The fourth-order valence-electron chi connectivity index (χ4n) is 1.94. The Hall–Kier alpha value is -2.24. The molecule has 1 aromatic rings. The van der Waals surface area contributed by atoms with Gasteiger partial charge in [0.1, 0.15) is 5.75 Å². The summed E-state index contributed by atoms with van der Waals surface area (Å²) in [6.07, 6.45) is 4.47. The summed E-state index contributed by atoms with van der Waals surface area (Å²) >= 11 is 0. The van der Waals surface area contributed by atoms with Gasteiger partial charge in [0, 0.05) is 18.1 Å². The molecule has 6 heteroatoms. The summed E-state index contributed by atoms with van der Waals surface area (Å²) in [7, 11) is 0. The zero-order chi connectivity index (χ0) is 15.5. The van der Waals surface area contributed by atoms with Gasteiger partial charge in [0.25, 0.3) is 11.8 Å². The van der Waals surface area contributed by atoms with Crippen LogP contribution < -0.4 is 5.32 Å². The van der Waals surface area contributed by atoms with E-state index in [-0.39, 0.29) is 23.6 Å². The molecule has 114 valence electrons. The van der Waals surface area contributed by atoms with Crippen molar-refractivity contribution in [3.63, 3.8) is 0 Å². The van der Waals surface area contributed by atoms with E-state index in [9.17, 15) is 19.6 Å². The number of carbonyl (C=O) groups excluding carboxylic acids is 2. The highest BCUT2D eigenvalue weighted by atomic mass is 16.3. The molecule has 2 N–H and O–H groups in total. The van der Waals surface area contributed by atoms with Crippen LogP contribution in [-0.4, -0.2) is 23.5 Å². The van der Waals surface area contributed by atoms with E-state index in [0.717, 1.165) is 25.7 Å². The second-order valence-corrected chi connectivity index (χ2v) is 4.78. The van der Waals surface area contributed by atoms with Crippen LogP contribution in [0.5, 0.6) is 5.75 Å². The molecule has 1 rings (SSSR count). The first kappa shape index (κ1) is 16.8. The van der Waals surface area contributed by atoms with Gasteiger partial charge in [0.2, 0.25) is 0 Å². The van der Waals surface area contributed by atoms with E-state index in [4.69, 9.17) is 0 Å². The summed E-state index contributed by atoms with van der Waals surface area (Å²) < 4.78 is 0. The lowest BCUT2D eigenvalue weighted by Gasteiger charge is -2.06. The van der Waals surface area contributed by atoms with E-state index in [0.29, 0.717) is 13.0 Å². The fourth-order valence-corrected chi connectivity index (χ4v) is 1.94. The number of phenolic OH excluding ortho intramolecular Hbond substituents is 1. The highest BCUT2D eigenvalue weighted by Gasteiger charge is 2.08. The van der Waals surface area contributed by atoms with E-state index in [1.165, 1.54) is 6.07 Å². The predicted octanol–water partition coefficient (Wildman–Crippen LogP) is 2.76. The van der Waals surface area contributed by atoms with Crippen LogP contribution in [0.25, 0.3) is 0 Å². The van der Waals surface area contributed by atoms with Gasteiger partial charge in [-0.25, -0.2) is 0 Å². The fraction of sp³-hybridized carbons (Fsp3) is 0.467. The maximum atomic E-state index is 11.8. The number of amides is 2. The Morgan fingerprint density at radius 1 is 1.05 bits per heavy atom. The zero-order valence-electron chi connectivity index (χ0n) is 11.9. The van der Waals surface area contributed by atoms with Crippen LogP contribution in [0, 0.1) is 4.91 Å². The van der Waals surface area contributed by atoms with E-state index in [1.807, 2.05) is 0 Å². The Kier molecular flexibility index (Phi) is 7.71. The molecule has 0 unspecified atom stereocenters. The molecule has 21 heavy (non-hydrogen) atoms. The van der Waals surface area contributed by atoms with Crippen molar-refractivity contribution in [2.45, 2.75) is 38.5 Å². The molecule has 0 heterocycles. The maximum absolute atomic E-state index is 11.8. The Morgan fingerprint density at radius 3 is 2.43 bits per heavy atom. The van der Waals surface area contributed by atoms with Crippen molar-refractivity contribution in [2.24, 2.45) is 5.18 Å². The number of aromatic hydroxyl groups is 1. The zero-order valence-corrected chi connectivity index (χ0v) is 11.9. The van der Waals surface area contributed by atoms with Gasteiger partial charge in [-0.05, 0) is 25.0 Å². The first-order valence-electron chi connectivity index (χ1n) is 7.07. The van der Waals surface area contributed by atoms with E-state index < -0.39 is 5.91 Å².